The van der Waals surface area contributed by atoms with Crippen LogP contribution in [0.3, 0.4) is 0 Å². The number of nitrogens with zero attached hydrogens (tertiary/aromatic N) is 1. The van der Waals surface area contributed by atoms with Crippen molar-refractivity contribution in [1.29, 1.82) is 0 Å². The molecule has 2 aliphatic rings. The van der Waals surface area contributed by atoms with E-state index in [9.17, 15) is 0 Å². The van der Waals surface area contributed by atoms with Crippen LogP contribution in [0.2, 0.25) is 5.02 Å². The van der Waals surface area contributed by atoms with Gasteiger partial charge in [-0.1, -0.05) is 30.2 Å². The van der Waals surface area contributed by atoms with Crippen molar-refractivity contribution in [2.75, 3.05) is 19.8 Å². The zero-order chi connectivity index (χ0) is 17.9. The van der Waals surface area contributed by atoms with E-state index in [1.54, 1.807) is 11.3 Å². The number of hydrogen-bond donors (Lipinski definition) is 2. The van der Waals surface area contributed by atoms with Crippen LogP contribution in [0.5, 0.6) is 0 Å². The molecule has 0 bridgehead atoms. The fourth-order valence-corrected chi connectivity index (χ4v) is 5.24. The predicted octanol–water partition coefficient (Wildman–Crippen LogP) is 4.02. The first-order chi connectivity index (χ1) is 12.7. The molecule has 140 valence electrons. The SMILES string of the molecule is Cc1sc(CNC2CCCC2C2COCCN2)nc1-c1ccc(Cl)cc1. The van der Waals surface area contributed by atoms with Crippen molar-refractivity contribution < 1.29 is 4.74 Å². The lowest BCUT2D eigenvalue weighted by Gasteiger charge is -2.32. The molecule has 1 aromatic heterocycles. The van der Waals surface area contributed by atoms with Crippen LogP contribution < -0.4 is 10.6 Å². The van der Waals surface area contributed by atoms with E-state index in [1.165, 1.54) is 24.1 Å². The van der Waals surface area contributed by atoms with Crippen molar-refractivity contribution in [2.24, 2.45) is 5.92 Å². The molecule has 4 nitrogen and oxygen atoms in total. The second-order valence-electron chi connectivity index (χ2n) is 7.24. The molecule has 6 heteroatoms. The zero-order valence-corrected chi connectivity index (χ0v) is 16.7. The van der Waals surface area contributed by atoms with Crippen LogP contribution in [0.15, 0.2) is 24.3 Å². The van der Waals surface area contributed by atoms with Crippen molar-refractivity contribution in [2.45, 2.75) is 44.8 Å². The van der Waals surface area contributed by atoms with Crippen molar-refractivity contribution in [3.8, 4) is 11.3 Å². The number of nitrogens with one attached hydrogen (secondary N) is 2. The van der Waals surface area contributed by atoms with E-state index in [1.807, 2.05) is 24.3 Å². The summed E-state index contributed by atoms with van der Waals surface area (Å²) in [7, 11) is 0. The molecular formula is C20H26ClN3OS. The molecule has 2 fully saturated rings. The zero-order valence-electron chi connectivity index (χ0n) is 15.1. The molecule has 3 atom stereocenters. The Morgan fingerprint density at radius 3 is 2.92 bits per heavy atom. The molecule has 1 saturated carbocycles. The normalized spacial score (nSPS) is 26.3. The highest BCUT2D eigenvalue weighted by Gasteiger charge is 2.34. The standard InChI is InChI=1S/C20H26ClN3OS/c1-13-20(14-5-7-15(21)8-6-14)24-19(26-13)11-23-17-4-2-3-16(17)18-12-25-10-9-22-18/h5-8,16-18,22-23H,2-4,9-12H2,1H3. The van der Waals surface area contributed by atoms with Crippen LogP contribution >= 0.6 is 22.9 Å². The summed E-state index contributed by atoms with van der Waals surface area (Å²) in [5.74, 6) is 0.659. The van der Waals surface area contributed by atoms with E-state index in [0.717, 1.165) is 47.6 Å². The Bertz CT molecular complexity index is 727. The maximum absolute atomic E-state index is 6.00. The number of thiazole rings is 1. The summed E-state index contributed by atoms with van der Waals surface area (Å²) in [4.78, 5) is 6.14. The summed E-state index contributed by atoms with van der Waals surface area (Å²) >= 11 is 7.79. The molecule has 3 unspecified atom stereocenters. The lowest BCUT2D eigenvalue weighted by atomic mass is 9.94. The molecule has 0 radical (unpaired) electrons. The molecule has 0 spiro atoms. The average molecular weight is 392 g/mol. The van der Waals surface area contributed by atoms with E-state index in [4.69, 9.17) is 21.3 Å². The molecule has 1 saturated heterocycles. The first-order valence-electron chi connectivity index (χ1n) is 9.47. The number of benzene rings is 1. The van der Waals surface area contributed by atoms with Crippen molar-refractivity contribution in [3.05, 3.63) is 39.2 Å². The Morgan fingerprint density at radius 2 is 2.15 bits per heavy atom. The van der Waals surface area contributed by atoms with Gasteiger partial charge in [0, 0.05) is 40.6 Å². The van der Waals surface area contributed by atoms with Crippen LogP contribution in [0.1, 0.15) is 29.1 Å². The summed E-state index contributed by atoms with van der Waals surface area (Å²) in [5.41, 5.74) is 2.21. The maximum atomic E-state index is 6.00. The Morgan fingerprint density at radius 1 is 1.31 bits per heavy atom. The number of halogens is 1. The highest BCUT2D eigenvalue weighted by atomic mass is 35.5. The highest BCUT2D eigenvalue weighted by Crippen LogP contribution is 2.31. The lowest BCUT2D eigenvalue weighted by molar-refractivity contribution is 0.0524. The van der Waals surface area contributed by atoms with Gasteiger partial charge in [-0.15, -0.1) is 11.3 Å². The summed E-state index contributed by atoms with van der Waals surface area (Å²) in [6.07, 6.45) is 3.83. The van der Waals surface area contributed by atoms with Gasteiger partial charge in [-0.05, 0) is 37.8 Å². The second kappa shape index (κ2) is 8.36. The van der Waals surface area contributed by atoms with Crippen LogP contribution in [0.4, 0.5) is 0 Å². The van der Waals surface area contributed by atoms with E-state index < -0.39 is 0 Å². The monoisotopic (exact) mass is 391 g/mol. The van der Waals surface area contributed by atoms with Crippen molar-refractivity contribution in [1.82, 2.24) is 15.6 Å². The molecule has 2 aromatic rings. The Balaban J connectivity index is 1.40. The van der Waals surface area contributed by atoms with Gasteiger partial charge in [-0.3, -0.25) is 0 Å². The number of hydrogen-bond acceptors (Lipinski definition) is 5. The van der Waals surface area contributed by atoms with Crippen LogP contribution in [-0.4, -0.2) is 36.8 Å². The van der Waals surface area contributed by atoms with Crippen LogP contribution in [-0.2, 0) is 11.3 Å². The largest absolute Gasteiger partial charge is 0.379 e. The minimum Gasteiger partial charge on any atom is -0.379 e. The smallest absolute Gasteiger partial charge is 0.107 e. The average Bonchev–Trinajstić information content (AvgIpc) is 3.28. The van der Waals surface area contributed by atoms with E-state index in [-0.39, 0.29) is 0 Å². The fraction of sp³-hybridized carbons (Fsp3) is 0.550. The minimum atomic E-state index is 0.492. The topological polar surface area (TPSA) is 46.2 Å². The first kappa shape index (κ1) is 18.4. The van der Waals surface area contributed by atoms with E-state index in [2.05, 4.69) is 17.6 Å². The molecule has 26 heavy (non-hydrogen) atoms. The molecule has 4 rings (SSSR count). The molecule has 0 amide bonds. The van der Waals surface area contributed by atoms with Gasteiger partial charge in [0.25, 0.3) is 0 Å². The molecule has 2 N–H and O–H groups in total. The van der Waals surface area contributed by atoms with Crippen LogP contribution in [0.25, 0.3) is 11.3 Å². The molecule has 2 heterocycles. The Labute approximate surface area is 164 Å². The van der Waals surface area contributed by atoms with Gasteiger partial charge in [0.2, 0.25) is 0 Å². The number of aryl methyl sites for hydroxylation is 1. The fourth-order valence-electron chi connectivity index (χ4n) is 4.21. The number of ether oxygens (including phenoxy) is 1. The molecular weight excluding hydrogens is 366 g/mol. The summed E-state index contributed by atoms with van der Waals surface area (Å²) in [6, 6.07) is 8.99. The van der Waals surface area contributed by atoms with Gasteiger partial charge in [0.1, 0.15) is 5.01 Å². The van der Waals surface area contributed by atoms with Gasteiger partial charge in [-0.2, -0.15) is 0 Å². The summed E-state index contributed by atoms with van der Waals surface area (Å²) in [6.45, 7) is 5.65. The van der Waals surface area contributed by atoms with Gasteiger partial charge in [-0.25, -0.2) is 4.98 Å². The Hall–Kier alpha value is -0.980. The molecule has 1 aliphatic heterocycles. The van der Waals surface area contributed by atoms with Gasteiger partial charge >= 0.3 is 0 Å². The molecule has 1 aromatic carbocycles. The van der Waals surface area contributed by atoms with Gasteiger partial charge in [0.05, 0.1) is 18.9 Å². The number of morpholine rings is 1. The third kappa shape index (κ3) is 4.12. The Kier molecular flexibility index (Phi) is 5.91. The third-order valence-corrected chi connectivity index (χ3v) is 6.73. The lowest BCUT2D eigenvalue weighted by Crippen LogP contribution is -2.50. The van der Waals surface area contributed by atoms with Crippen LogP contribution in [0, 0.1) is 12.8 Å². The quantitative estimate of drug-likeness (QED) is 0.808. The van der Waals surface area contributed by atoms with Gasteiger partial charge < -0.3 is 15.4 Å². The van der Waals surface area contributed by atoms with Gasteiger partial charge in [0.15, 0.2) is 0 Å². The van der Waals surface area contributed by atoms with Crippen molar-refractivity contribution >= 4 is 22.9 Å². The van der Waals surface area contributed by atoms with E-state index in [0.29, 0.717) is 18.0 Å². The number of rotatable bonds is 5. The van der Waals surface area contributed by atoms with Crippen molar-refractivity contribution in [3.63, 3.8) is 0 Å². The summed E-state index contributed by atoms with van der Waals surface area (Å²) < 4.78 is 5.67. The highest BCUT2D eigenvalue weighted by molar-refractivity contribution is 7.12. The molecule has 1 aliphatic carbocycles. The first-order valence-corrected chi connectivity index (χ1v) is 10.7. The maximum Gasteiger partial charge on any atom is 0.107 e. The summed E-state index contributed by atoms with van der Waals surface area (Å²) in [5, 5.41) is 9.34. The second-order valence-corrected chi connectivity index (χ2v) is 8.96. The predicted molar refractivity (Wildman–Crippen MR) is 108 cm³/mol. The van der Waals surface area contributed by atoms with E-state index >= 15 is 0 Å². The minimum absolute atomic E-state index is 0.492. The third-order valence-electron chi connectivity index (χ3n) is 5.51. The number of aromatic nitrogens is 1.